The Morgan fingerprint density at radius 2 is 2.04 bits per heavy atom. The minimum absolute atomic E-state index is 0.167. The first-order valence-corrected chi connectivity index (χ1v) is 8.22. The highest BCUT2D eigenvalue weighted by molar-refractivity contribution is 6.06. The van der Waals surface area contributed by atoms with Gasteiger partial charge in [-0.2, -0.15) is 0 Å². The number of nitrogens with one attached hydrogen (secondary N) is 1. The first kappa shape index (κ1) is 17.5. The van der Waals surface area contributed by atoms with Crippen molar-refractivity contribution in [3.63, 3.8) is 0 Å². The lowest BCUT2D eigenvalue weighted by Crippen LogP contribution is -2.30. The van der Waals surface area contributed by atoms with Gasteiger partial charge in [0.2, 0.25) is 0 Å². The molecule has 4 rings (SSSR count). The maximum absolute atomic E-state index is 14.4. The van der Waals surface area contributed by atoms with E-state index in [0.29, 0.717) is 5.56 Å². The van der Waals surface area contributed by atoms with E-state index in [2.05, 4.69) is 20.3 Å². The number of rotatable bonds is 4. The first-order chi connectivity index (χ1) is 13.1. The van der Waals surface area contributed by atoms with Crippen LogP contribution in [0.15, 0.2) is 43.0 Å². The van der Waals surface area contributed by atoms with Crippen LogP contribution in [0.25, 0.3) is 11.2 Å². The molecule has 0 saturated carbocycles. The van der Waals surface area contributed by atoms with Gasteiger partial charge in [-0.3, -0.25) is 9.36 Å². The molecule has 140 valence electrons. The van der Waals surface area contributed by atoms with E-state index in [1.54, 1.807) is 30.3 Å². The number of ether oxygens (including phenoxy) is 1. The van der Waals surface area contributed by atoms with Crippen molar-refractivity contribution in [1.82, 2.24) is 19.5 Å². The molecule has 1 aromatic carbocycles. The predicted molar refractivity (Wildman–Crippen MR) is 91.6 cm³/mol. The number of halogens is 1. The Balaban J connectivity index is 1.65. The zero-order valence-corrected chi connectivity index (χ0v) is 13.9. The number of aliphatic hydroxyl groups excluding tert-OH is 2. The standard InChI is InChI=1S/C17H16FN5O4/c18-11-13(25)10(6-24)27-17(11)23-8-21-12-14(19-7-20-15(12)23)22-16(26)9-4-2-1-3-5-9/h1-5,7-8,10-11,13,17,24-25H,6H2,(H,19,20,22,26)/t10-,11?,13?,17-/m0/s1. The Kier molecular flexibility index (Phi) is 4.52. The van der Waals surface area contributed by atoms with Crippen LogP contribution in [-0.2, 0) is 4.74 Å². The summed E-state index contributed by atoms with van der Waals surface area (Å²) in [6.07, 6.45) is -2.96. The molecule has 1 fully saturated rings. The third kappa shape index (κ3) is 3.03. The number of anilines is 1. The van der Waals surface area contributed by atoms with Gasteiger partial charge in [-0.1, -0.05) is 18.2 Å². The fourth-order valence-corrected chi connectivity index (χ4v) is 2.98. The van der Waals surface area contributed by atoms with Gasteiger partial charge in [0, 0.05) is 5.56 Å². The molecule has 0 bridgehead atoms. The highest BCUT2D eigenvalue weighted by Crippen LogP contribution is 2.34. The van der Waals surface area contributed by atoms with Gasteiger partial charge in [0.1, 0.15) is 18.5 Å². The average Bonchev–Trinajstić information content (AvgIpc) is 3.25. The number of amides is 1. The minimum Gasteiger partial charge on any atom is -0.394 e. The van der Waals surface area contributed by atoms with E-state index in [1.165, 1.54) is 17.2 Å². The summed E-state index contributed by atoms with van der Waals surface area (Å²) in [6.45, 7) is -0.516. The Labute approximate surface area is 152 Å². The van der Waals surface area contributed by atoms with Crippen molar-refractivity contribution in [2.24, 2.45) is 0 Å². The van der Waals surface area contributed by atoms with Crippen LogP contribution in [0.1, 0.15) is 16.6 Å². The van der Waals surface area contributed by atoms with Gasteiger partial charge in [0.05, 0.1) is 12.9 Å². The molecule has 1 aliphatic rings. The highest BCUT2D eigenvalue weighted by Gasteiger charge is 2.45. The summed E-state index contributed by atoms with van der Waals surface area (Å²) in [5, 5.41) is 21.7. The highest BCUT2D eigenvalue weighted by atomic mass is 19.1. The second kappa shape index (κ2) is 6.99. The summed E-state index contributed by atoms with van der Waals surface area (Å²) in [6, 6.07) is 8.58. The monoisotopic (exact) mass is 373 g/mol. The number of hydrogen-bond acceptors (Lipinski definition) is 7. The van der Waals surface area contributed by atoms with Crippen LogP contribution in [0.4, 0.5) is 10.2 Å². The van der Waals surface area contributed by atoms with Gasteiger partial charge in [0.15, 0.2) is 29.4 Å². The molecule has 1 aliphatic heterocycles. The molecule has 1 saturated heterocycles. The summed E-state index contributed by atoms with van der Waals surface area (Å²) >= 11 is 0. The van der Waals surface area contributed by atoms with Crippen LogP contribution in [0.3, 0.4) is 0 Å². The van der Waals surface area contributed by atoms with Crippen LogP contribution in [0.2, 0.25) is 0 Å². The van der Waals surface area contributed by atoms with Crippen molar-refractivity contribution in [3.05, 3.63) is 48.5 Å². The lowest BCUT2D eigenvalue weighted by atomic mass is 10.1. The number of carbonyl (C=O) groups is 1. The van der Waals surface area contributed by atoms with Crippen LogP contribution >= 0.6 is 0 Å². The quantitative estimate of drug-likeness (QED) is 0.614. The smallest absolute Gasteiger partial charge is 0.256 e. The number of hydrogen-bond donors (Lipinski definition) is 3. The Morgan fingerprint density at radius 1 is 1.26 bits per heavy atom. The molecule has 0 radical (unpaired) electrons. The SMILES string of the molecule is O=C(Nc1ncnc2c1ncn2[C@H]1O[C@@H](CO)C(O)C1F)c1ccccc1. The molecule has 27 heavy (non-hydrogen) atoms. The van der Waals surface area contributed by atoms with Crippen molar-refractivity contribution < 1.29 is 24.1 Å². The Hall–Kier alpha value is -2.95. The van der Waals surface area contributed by atoms with E-state index < -0.39 is 31.2 Å². The number of nitrogens with zero attached hydrogens (tertiary/aromatic N) is 4. The van der Waals surface area contributed by atoms with Gasteiger partial charge in [-0.05, 0) is 12.1 Å². The molecule has 3 heterocycles. The van der Waals surface area contributed by atoms with E-state index in [1.807, 2.05) is 0 Å². The van der Waals surface area contributed by atoms with Crippen LogP contribution < -0.4 is 5.32 Å². The molecular weight excluding hydrogens is 357 g/mol. The summed E-state index contributed by atoms with van der Waals surface area (Å²) < 4.78 is 21.1. The van der Waals surface area contributed by atoms with Crippen molar-refractivity contribution in [2.45, 2.75) is 24.6 Å². The summed E-state index contributed by atoms with van der Waals surface area (Å²) in [7, 11) is 0. The second-order valence-corrected chi connectivity index (χ2v) is 6.05. The average molecular weight is 373 g/mol. The van der Waals surface area contributed by atoms with Crippen LogP contribution in [0.5, 0.6) is 0 Å². The number of aliphatic hydroxyl groups is 2. The van der Waals surface area contributed by atoms with E-state index >= 15 is 0 Å². The molecule has 0 aliphatic carbocycles. The second-order valence-electron chi connectivity index (χ2n) is 6.05. The van der Waals surface area contributed by atoms with E-state index in [0.717, 1.165) is 0 Å². The largest absolute Gasteiger partial charge is 0.394 e. The Morgan fingerprint density at radius 3 is 2.74 bits per heavy atom. The Bertz CT molecular complexity index is 966. The van der Waals surface area contributed by atoms with Gasteiger partial charge in [0.25, 0.3) is 5.91 Å². The van der Waals surface area contributed by atoms with E-state index in [-0.39, 0.29) is 22.9 Å². The fourth-order valence-electron chi connectivity index (χ4n) is 2.98. The van der Waals surface area contributed by atoms with Crippen molar-refractivity contribution in [1.29, 1.82) is 0 Å². The van der Waals surface area contributed by atoms with E-state index in [9.17, 15) is 19.4 Å². The minimum atomic E-state index is -1.77. The topological polar surface area (TPSA) is 122 Å². The number of alkyl halides is 1. The molecule has 2 unspecified atom stereocenters. The fraction of sp³-hybridized carbons (Fsp3) is 0.294. The lowest BCUT2D eigenvalue weighted by molar-refractivity contribution is -0.0459. The lowest BCUT2D eigenvalue weighted by Gasteiger charge is -2.15. The van der Waals surface area contributed by atoms with Gasteiger partial charge >= 0.3 is 0 Å². The number of carbonyl (C=O) groups excluding carboxylic acids is 1. The number of benzene rings is 1. The molecule has 9 nitrogen and oxygen atoms in total. The zero-order valence-electron chi connectivity index (χ0n) is 13.9. The van der Waals surface area contributed by atoms with Gasteiger partial charge in [-0.25, -0.2) is 19.3 Å². The van der Waals surface area contributed by atoms with Crippen LogP contribution in [0, 0.1) is 0 Å². The van der Waals surface area contributed by atoms with Crippen molar-refractivity contribution in [2.75, 3.05) is 11.9 Å². The number of fused-ring (bicyclic) bond motifs is 1. The maximum Gasteiger partial charge on any atom is 0.256 e. The number of aromatic nitrogens is 4. The first-order valence-electron chi connectivity index (χ1n) is 8.22. The summed E-state index contributed by atoms with van der Waals surface area (Å²) in [5.74, 6) is -0.207. The van der Waals surface area contributed by atoms with Crippen molar-refractivity contribution >= 4 is 22.9 Å². The summed E-state index contributed by atoms with van der Waals surface area (Å²) in [5.41, 5.74) is 0.923. The normalized spacial score (nSPS) is 25.0. The maximum atomic E-state index is 14.4. The third-order valence-corrected chi connectivity index (χ3v) is 4.37. The third-order valence-electron chi connectivity index (χ3n) is 4.37. The predicted octanol–water partition coefficient (Wildman–Crippen LogP) is 0.667. The van der Waals surface area contributed by atoms with E-state index in [4.69, 9.17) is 4.74 Å². The molecular formula is C17H16FN5O4. The molecule has 4 atom stereocenters. The molecule has 3 N–H and O–H groups in total. The summed E-state index contributed by atoms with van der Waals surface area (Å²) in [4.78, 5) is 24.6. The molecule has 2 aromatic heterocycles. The molecule has 0 spiro atoms. The van der Waals surface area contributed by atoms with Gasteiger partial charge < -0.3 is 20.3 Å². The number of imidazole rings is 1. The molecule has 10 heteroatoms. The van der Waals surface area contributed by atoms with Crippen molar-refractivity contribution in [3.8, 4) is 0 Å². The molecule has 1 amide bonds. The van der Waals surface area contributed by atoms with Gasteiger partial charge in [-0.15, -0.1) is 0 Å². The zero-order chi connectivity index (χ0) is 19.0. The molecule has 3 aromatic rings. The van der Waals surface area contributed by atoms with Crippen LogP contribution in [-0.4, -0.2) is 60.6 Å².